The number of anilines is 2. The lowest BCUT2D eigenvalue weighted by Crippen LogP contribution is -2.39. The van der Waals surface area contributed by atoms with Gasteiger partial charge in [0.1, 0.15) is 5.82 Å². The van der Waals surface area contributed by atoms with Crippen LogP contribution < -0.4 is 16.4 Å². The first-order chi connectivity index (χ1) is 9.77. The zero-order valence-electron chi connectivity index (χ0n) is 12.4. The molecule has 4 N–H and O–H groups in total. The van der Waals surface area contributed by atoms with Gasteiger partial charge in [-0.1, -0.05) is 0 Å². The maximum Gasteiger partial charge on any atom is 0.340 e. The molecule has 1 rings (SSSR count). The van der Waals surface area contributed by atoms with Gasteiger partial charge in [0.05, 0.1) is 24.4 Å². The molecule has 0 radical (unpaired) electrons. The second kappa shape index (κ2) is 6.92. The monoisotopic (exact) mass is 297 g/mol. The number of nitrogen functional groups attached to an aromatic ring is 1. The van der Waals surface area contributed by atoms with Gasteiger partial charge in [-0.15, -0.1) is 0 Å². The van der Waals surface area contributed by atoms with E-state index in [1.807, 2.05) is 0 Å². The topological polar surface area (TPSA) is 98.6 Å². The van der Waals surface area contributed by atoms with Crippen molar-refractivity contribution in [3.63, 3.8) is 0 Å². The first-order valence-electron chi connectivity index (χ1n) is 6.59. The Balaban J connectivity index is 3.30. The molecule has 0 fully saturated rings. The molecule has 0 aromatic heterocycles. The van der Waals surface area contributed by atoms with E-state index in [4.69, 9.17) is 16.2 Å². The number of nitrogens with zero attached hydrogens (tertiary/aromatic N) is 1. The van der Waals surface area contributed by atoms with Crippen LogP contribution in [-0.2, 0) is 9.53 Å². The van der Waals surface area contributed by atoms with Gasteiger partial charge in [0.15, 0.2) is 0 Å². The number of primary amides is 1. The molecular formula is C14H20FN3O3. The van der Waals surface area contributed by atoms with E-state index in [0.29, 0.717) is 0 Å². The summed E-state index contributed by atoms with van der Waals surface area (Å²) < 4.78 is 19.0. The van der Waals surface area contributed by atoms with Crippen LogP contribution in [0.3, 0.4) is 0 Å². The molecule has 1 amide bonds. The first-order valence-corrected chi connectivity index (χ1v) is 6.59. The number of hydrogen-bond acceptors (Lipinski definition) is 5. The van der Waals surface area contributed by atoms with Crippen LogP contribution in [0.25, 0.3) is 0 Å². The number of rotatable bonds is 6. The summed E-state index contributed by atoms with van der Waals surface area (Å²) in [6.45, 7) is 5.23. The third-order valence-electron chi connectivity index (χ3n) is 2.87. The minimum atomic E-state index is -0.640. The van der Waals surface area contributed by atoms with E-state index < -0.39 is 17.7 Å². The Labute approximate surface area is 122 Å². The molecule has 0 atom stereocenters. The smallest absolute Gasteiger partial charge is 0.340 e. The van der Waals surface area contributed by atoms with Crippen molar-refractivity contribution in [2.24, 2.45) is 5.73 Å². The summed E-state index contributed by atoms with van der Waals surface area (Å²) in [7, 11) is 0. The molecule has 0 saturated heterocycles. The number of amides is 1. The summed E-state index contributed by atoms with van der Waals surface area (Å²) in [6.07, 6.45) is 0. The van der Waals surface area contributed by atoms with Crippen LogP contribution in [0, 0.1) is 5.82 Å². The Morgan fingerprint density at radius 2 is 2.00 bits per heavy atom. The molecule has 21 heavy (non-hydrogen) atoms. The molecule has 0 saturated carbocycles. The molecule has 0 spiro atoms. The molecule has 0 heterocycles. The largest absolute Gasteiger partial charge is 0.462 e. The van der Waals surface area contributed by atoms with Crippen LogP contribution in [0.15, 0.2) is 12.1 Å². The Hall–Kier alpha value is -2.31. The summed E-state index contributed by atoms with van der Waals surface area (Å²) in [5, 5.41) is 0. The van der Waals surface area contributed by atoms with Gasteiger partial charge in [-0.05, 0) is 32.9 Å². The van der Waals surface area contributed by atoms with Crippen LogP contribution >= 0.6 is 0 Å². The number of halogens is 1. The lowest BCUT2D eigenvalue weighted by Gasteiger charge is -2.28. The van der Waals surface area contributed by atoms with Crippen molar-refractivity contribution in [1.29, 1.82) is 0 Å². The average molecular weight is 297 g/mol. The summed E-state index contributed by atoms with van der Waals surface area (Å²) in [4.78, 5) is 24.4. The number of ether oxygens (including phenoxy) is 1. The van der Waals surface area contributed by atoms with Gasteiger partial charge in [0.25, 0.3) is 0 Å². The fourth-order valence-electron chi connectivity index (χ4n) is 1.90. The molecule has 6 nitrogen and oxygen atoms in total. The van der Waals surface area contributed by atoms with Crippen molar-refractivity contribution >= 4 is 23.3 Å². The highest BCUT2D eigenvalue weighted by Gasteiger charge is 2.21. The van der Waals surface area contributed by atoms with E-state index >= 15 is 0 Å². The number of esters is 1. The van der Waals surface area contributed by atoms with Crippen LogP contribution in [0.5, 0.6) is 0 Å². The van der Waals surface area contributed by atoms with Crippen molar-refractivity contribution in [3.05, 3.63) is 23.5 Å². The van der Waals surface area contributed by atoms with Gasteiger partial charge in [-0.2, -0.15) is 0 Å². The zero-order chi connectivity index (χ0) is 16.2. The number of nitrogens with two attached hydrogens (primary N) is 2. The molecule has 1 aromatic rings. The zero-order valence-corrected chi connectivity index (χ0v) is 12.4. The van der Waals surface area contributed by atoms with Crippen LogP contribution in [0.2, 0.25) is 0 Å². The Bertz CT molecular complexity index is 547. The summed E-state index contributed by atoms with van der Waals surface area (Å²) in [5.74, 6) is -1.87. The molecule has 1 aromatic carbocycles. The van der Waals surface area contributed by atoms with Gasteiger partial charge in [0.2, 0.25) is 5.91 Å². The highest BCUT2D eigenvalue weighted by molar-refractivity contribution is 5.96. The standard InChI is InChI=1S/C14H20FN3O3/c1-4-21-14(20)9-5-12(10(15)6-11(9)16)18(8(2)3)7-13(17)19/h5-6,8H,4,7,16H2,1-3H3,(H2,17,19). The minimum Gasteiger partial charge on any atom is -0.462 e. The minimum absolute atomic E-state index is 0.0162. The van der Waals surface area contributed by atoms with Gasteiger partial charge >= 0.3 is 5.97 Å². The van der Waals surface area contributed by atoms with Gasteiger partial charge in [-0.25, -0.2) is 9.18 Å². The molecule has 7 heteroatoms. The summed E-state index contributed by atoms with van der Waals surface area (Å²) >= 11 is 0. The van der Waals surface area contributed by atoms with E-state index in [0.717, 1.165) is 6.07 Å². The second-order valence-electron chi connectivity index (χ2n) is 4.80. The average Bonchev–Trinajstić information content (AvgIpc) is 2.36. The fourth-order valence-corrected chi connectivity index (χ4v) is 1.90. The van der Waals surface area contributed by atoms with Gasteiger partial charge in [-0.3, -0.25) is 4.79 Å². The van der Waals surface area contributed by atoms with Crippen molar-refractivity contribution in [2.45, 2.75) is 26.8 Å². The molecule has 0 aliphatic heterocycles. The van der Waals surface area contributed by atoms with Crippen LogP contribution in [0.4, 0.5) is 15.8 Å². The maximum atomic E-state index is 14.1. The molecule has 116 valence electrons. The van der Waals surface area contributed by atoms with E-state index in [1.165, 1.54) is 11.0 Å². The maximum absolute atomic E-state index is 14.1. The van der Waals surface area contributed by atoms with Crippen molar-refractivity contribution in [2.75, 3.05) is 23.8 Å². The molecule has 0 bridgehead atoms. The normalized spacial score (nSPS) is 10.5. The van der Waals surface area contributed by atoms with Crippen LogP contribution in [-0.4, -0.2) is 31.1 Å². The van der Waals surface area contributed by atoms with Crippen LogP contribution in [0.1, 0.15) is 31.1 Å². The highest BCUT2D eigenvalue weighted by Crippen LogP contribution is 2.27. The van der Waals surface area contributed by atoms with Crippen molar-refractivity contribution in [1.82, 2.24) is 0 Å². The Morgan fingerprint density at radius 1 is 1.38 bits per heavy atom. The molecule has 0 unspecified atom stereocenters. The number of carbonyl (C=O) groups is 2. The van der Waals surface area contributed by atoms with E-state index in [-0.39, 0.29) is 36.1 Å². The SMILES string of the molecule is CCOC(=O)c1cc(N(CC(N)=O)C(C)C)c(F)cc1N. The van der Waals surface area contributed by atoms with Crippen molar-refractivity contribution < 1.29 is 18.7 Å². The Kier molecular flexibility index (Phi) is 5.52. The van der Waals surface area contributed by atoms with E-state index in [1.54, 1.807) is 20.8 Å². The highest BCUT2D eigenvalue weighted by atomic mass is 19.1. The lowest BCUT2D eigenvalue weighted by molar-refractivity contribution is -0.116. The summed E-state index contributed by atoms with van der Waals surface area (Å²) in [5.41, 5.74) is 10.9. The Morgan fingerprint density at radius 3 is 2.48 bits per heavy atom. The molecule has 0 aliphatic rings. The predicted molar refractivity (Wildman–Crippen MR) is 78.4 cm³/mol. The number of hydrogen-bond donors (Lipinski definition) is 2. The summed E-state index contributed by atoms with van der Waals surface area (Å²) in [6, 6.07) is 2.13. The number of benzene rings is 1. The molecular weight excluding hydrogens is 277 g/mol. The van der Waals surface area contributed by atoms with Gasteiger partial charge in [0, 0.05) is 11.7 Å². The predicted octanol–water partition coefficient (Wildman–Crippen LogP) is 1.28. The second-order valence-corrected chi connectivity index (χ2v) is 4.80. The third-order valence-corrected chi connectivity index (χ3v) is 2.87. The van der Waals surface area contributed by atoms with Gasteiger partial charge < -0.3 is 21.1 Å². The van der Waals surface area contributed by atoms with Crippen molar-refractivity contribution in [3.8, 4) is 0 Å². The molecule has 0 aliphatic carbocycles. The quantitative estimate of drug-likeness (QED) is 0.609. The third kappa shape index (κ3) is 4.08. The fraction of sp³-hybridized carbons (Fsp3) is 0.429. The van der Waals surface area contributed by atoms with E-state index in [2.05, 4.69) is 0 Å². The number of carbonyl (C=O) groups excluding carboxylic acids is 2. The van der Waals surface area contributed by atoms with E-state index in [9.17, 15) is 14.0 Å². The first kappa shape index (κ1) is 16.7. The lowest BCUT2D eigenvalue weighted by atomic mass is 10.1.